The molecule has 0 fully saturated rings. The summed E-state index contributed by atoms with van der Waals surface area (Å²) in [5, 5.41) is 1.33. The number of aryl methyl sites for hydroxylation is 1. The van der Waals surface area contributed by atoms with Gasteiger partial charge < -0.3 is 4.98 Å². The fourth-order valence-corrected chi connectivity index (χ4v) is 3.10. The fraction of sp³-hybridized carbons (Fsp3) is 0.0909. The van der Waals surface area contributed by atoms with Crippen LogP contribution in [0.3, 0.4) is 0 Å². The van der Waals surface area contributed by atoms with Gasteiger partial charge in [0.1, 0.15) is 0 Å². The van der Waals surface area contributed by atoms with E-state index < -0.39 is 0 Å². The van der Waals surface area contributed by atoms with Crippen LogP contribution in [0.5, 0.6) is 0 Å². The molecule has 0 saturated carbocycles. The normalized spacial score (nSPS) is 11.0. The van der Waals surface area contributed by atoms with Crippen molar-refractivity contribution in [3.05, 3.63) is 95.7 Å². The van der Waals surface area contributed by atoms with Gasteiger partial charge in [-0.15, -0.1) is 0 Å². The molecule has 0 unspecified atom stereocenters. The number of hydrogen-bond donors (Lipinski definition) is 1. The third-order valence-electron chi connectivity index (χ3n) is 4.38. The molecule has 0 aliphatic carbocycles. The number of aromatic amines is 1. The molecule has 0 atom stereocenters. The summed E-state index contributed by atoms with van der Waals surface area (Å²) in [4.78, 5) is 3.37. The molecule has 112 valence electrons. The van der Waals surface area contributed by atoms with Gasteiger partial charge >= 0.3 is 0 Å². The van der Waals surface area contributed by atoms with Crippen molar-refractivity contribution in [2.75, 3.05) is 0 Å². The van der Waals surface area contributed by atoms with E-state index in [2.05, 4.69) is 90.9 Å². The van der Waals surface area contributed by atoms with Gasteiger partial charge in [0.2, 0.25) is 0 Å². The summed E-state index contributed by atoms with van der Waals surface area (Å²) < 4.78 is 0. The van der Waals surface area contributed by atoms with Gasteiger partial charge in [-0.2, -0.15) is 0 Å². The summed E-state index contributed by atoms with van der Waals surface area (Å²) in [7, 11) is 0. The number of benzene rings is 3. The number of hydrogen-bond acceptors (Lipinski definition) is 0. The average Bonchev–Trinajstić information content (AvgIpc) is 2.98. The fourth-order valence-electron chi connectivity index (χ4n) is 3.10. The lowest BCUT2D eigenvalue weighted by Crippen LogP contribution is -1.87. The Morgan fingerprint density at radius 3 is 2.30 bits per heavy atom. The van der Waals surface area contributed by atoms with Crippen molar-refractivity contribution < 1.29 is 0 Å². The van der Waals surface area contributed by atoms with E-state index in [-0.39, 0.29) is 0 Å². The van der Waals surface area contributed by atoms with Crippen LogP contribution in [-0.4, -0.2) is 4.98 Å². The summed E-state index contributed by atoms with van der Waals surface area (Å²) in [5.74, 6) is 0. The van der Waals surface area contributed by atoms with E-state index in [1.54, 1.807) is 0 Å². The number of nitrogens with one attached hydrogen (secondary N) is 1. The maximum absolute atomic E-state index is 3.37. The van der Waals surface area contributed by atoms with E-state index >= 15 is 0 Å². The zero-order valence-electron chi connectivity index (χ0n) is 13.2. The summed E-state index contributed by atoms with van der Waals surface area (Å²) in [6.07, 6.45) is 3.09. The van der Waals surface area contributed by atoms with Gasteiger partial charge in [-0.25, -0.2) is 0 Å². The van der Waals surface area contributed by atoms with Crippen molar-refractivity contribution >= 4 is 10.9 Å². The molecular weight excluding hydrogens is 278 g/mol. The van der Waals surface area contributed by atoms with Gasteiger partial charge in [-0.3, -0.25) is 0 Å². The first-order valence-corrected chi connectivity index (χ1v) is 8.00. The van der Waals surface area contributed by atoms with Crippen molar-refractivity contribution in [3.8, 4) is 11.1 Å². The Balaban J connectivity index is 1.62. The SMILES string of the molecule is Cc1ccc2[nH]cc(Cc3ccc(-c4ccccc4)cc3)c2c1. The van der Waals surface area contributed by atoms with Crippen LogP contribution in [0.1, 0.15) is 16.7 Å². The molecule has 1 heterocycles. The molecule has 0 aliphatic heterocycles. The molecule has 0 amide bonds. The number of H-pyrrole nitrogens is 1. The summed E-state index contributed by atoms with van der Waals surface area (Å²) in [6, 6.07) is 26.0. The molecule has 1 N–H and O–H groups in total. The van der Waals surface area contributed by atoms with Gasteiger partial charge in [-0.05, 0) is 47.7 Å². The van der Waals surface area contributed by atoms with Crippen molar-refractivity contribution in [3.63, 3.8) is 0 Å². The highest BCUT2D eigenvalue weighted by molar-refractivity contribution is 5.84. The van der Waals surface area contributed by atoms with Gasteiger partial charge in [0.25, 0.3) is 0 Å². The minimum Gasteiger partial charge on any atom is -0.361 e. The van der Waals surface area contributed by atoms with Gasteiger partial charge in [0, 0.05) is 17.1 Å². The van der Waals surface area contributed by atoms with Crippen LogP contribution >= 0.6 is 0 Å². The molecule has 0 saturated heterocycles. The molecule has 23 heavy (non-hydrogen) atoms. The lowest BCUT2D eigenvalue weighted by atomic mass is 10.00. The molecule has 0 bridgehead atoms. The first-order valence-electron chi connectivity index (χ1n) is 8.00. The van der Waals surface area contributed by atoms with Gasteiger partial charge in [0.15, 0.2) is 0 Å². The topological polar surface area (TPSA) is 15.8 Å². The Morgan fingerprint density at radius 2 is 1.52 bits per heavy atom. The van der Waals surface area contributed by atoms with E-state index in [0.29, 0.717) is 0 Å². The maximum Gasteiger partial charge on any atom is 0.0457 e. The molecule has 4 rings (SSSR count). The van der Waals surface area contributed by atoms with E-state index in [0.717, 1.165) is 6.42 Å². The van der Waals surface area contributed by atoms with E-state index in [1.807, 2.05) is 0 Å². The third-order valence-corrected chi connectivity index (χ3v) is 4.38. The Kier molecular flexibility index (Phi) is 3.47. The molecule has 4 aromatic rings. The molecule has 0 spiro atoms. The van der Waals surface area contributed by atoms with Gasteiger partial charge in [-0.1, -0.05) is 66.2 Å². The third kappa shape index (κ3) is 2.78. The highest BCUT2D eigenvalue weighted by Gasteiger charge is 2.05. The second-order valence-electron chi connectivity index (χ2n) is 6.10. The van der Waals surface area contributed by atoms with Crippen molar-refractivity contribution in [2.45, 2.75) is 13.3 Å². The largest absolute Gasteiger partial charge is 0.361 e. The van der Waals surface area contributed by atoms with Crippen LogP contribution in [0.25, 0.3) is 22.0 Å². The van der Waals surface area contributed by atoms with Crippen molar-refractivity contribution in [2.24, 2.45) is 0 Å². The standard InChI is InChI=1S/C22H19N/c1-16-7-12-22-21(13-16)20(15-23-22)14-17-8-10-19(11-9-17)18-5-3-2-4-6-18/h2-13,15,23H,14H2,1H3. The Labute approximate surface area is 136 Å². The Hall–Kier alpha value is -2.80. The average molecular weight is 297 g/mol. The van der Waals surface area contributed by atoms with E-state index in [9.17, 15) is 0 Å². The molecule has 0 radical (unpaired) electrons. The van der Waals surface area contributed by atoms with Crippen LogP contribution in [-0.2, 0) is 6.42 Å². The lowest BCUT2D eigenvalue weighted by Gasteiger charge is -2.05. The van der Waals surface area contributed by atoms with Crippen LogP contribution in [0.15, 0.2) is 79.0 Å². The van der Waals surface area contributed by atoms with Crippen LogP contribution in [0.2, 0.25) is 0 Å². The first-order chi connectivity index (χ1) is 11.3. The predicted octanol–water partition coefficient (Wildman–Crippen LogP) is 5.73. The molecular formula is C22H19N. The summed E-state index contributed by atoms with van der Waals surface area (Å²) >= 11 is 0. The quantitative estimate of drug-likeness (QED) is 0.496. The first kappa shape index (κ1) is 13.8. The van der Waals surface area contributed by atoms with Gasteiger partial charge in [0.05, 0.1) is 0 Å². The highest BCUT2D eigenvalue weighted by Crippen LogP contribution is 2.24. The van der Waals surface area contributed by atoms with Crippen LogP contribution in [0.4, 0.5) is 0 Å². The molecule has 1 nitrogen and oxygen atoms in total. The van der Waals surface area contributed by atoms with Crippen molar-refractivity contribution in [1.29, 1.82) is 0 Å². The Bertz CT molecular complexity index is 931. The summed E-state index contributed by atoms with van der Waals surface area (Å²) in [6.45, 7) is 2.14. The van der Waals surface area contributed by atoms with Crippen LogP contribution in [0, 0.1) is 6.92 Å². The van der Waals surface area contributed by atoms with E-state index in [1.165, 1.54) is 38.7 Å². The molecule has 1 heteroatoms. The summed E-state index contributed by atoms with van der Waals surface area (Å²) in [5.41, 5.74) is 7.75. The second kappa shape index (κ2) is 5.77. The molecule has 3 aromatic carbocycles. The Morgan fingerprint density at radius 1 is 0.783 bits per heavy atom. The second-order valence-corrected chi connectivity index (χ2v) is 6.10. The zero-order valence-corrected chi connectivity index (χ0v) is 13.2. The zero-order chi connectivity index (χ0) is 15.6. The number of aromatic nitrogens is 1. The lowest BCUT2D eigenvalue weighted by molar-refractivity contribution is 1.21. The van der Waals surface area contributed by atoms with Crippen LogP contribution < -0.4 is 0 Å². The smallest absolute Gasteiger partial charge is 0.0457 e. The number of fused-ring (bicyclic) bond motifs is 1. The molecule has 1 aromatic heterocycles. The van der Waals surface area contributed by atoms with E-state index in [4.69, 9.17) is 0 Å². The highest BCUT2D eigenvalue weighted by atomic mass is 14.7. The monoisotopic (exact) mass is 297 g/mol. The minimum atomic E-state index is 0.957. The molecule has 0 aliphatic rings. The predicted molar refractivity (Wildman–Crippen MR) is 97.7 cm³/mol. The minimum absolute atomic E-state index is 0.957. The maximum atomic E-state index is 3.37. The number of rotatable bonds is 3. The van der Waals surface area contributed by atoms with Crippen molar-refractivity contribution in [1.82, 2.24) is 4.98 Å².